The molecule has 0 fully saturated rings. The van der Waals surface area contributed by atoms with E-state index in [-0.39, 0.29) is 17.1 Å². The van der Waals surface area contributed by atoms with Gasteiger partial charge in [0, 0.05) is 11.8 Å². The van der Waals surface area contributed by atoms with Gasteiger partial charge in [-0.3, -0.25) is 0 Å². The molecule has 154 valence electrons. The molecule has 3 N–H and O–H groups in total. The molecule has 0 spiro atoms. The minimum Gasteiger partial charge on any atom is -0.478 e. The van der Waals surface area contributed by atoms with E-state index in [4.69, 9.17) is 9.52 Å². The highest BCUT2D eigenvalue weighted by Crippen LogP contribution is 2.40. The molecule has 10 heteroatoms. The van der Waals surface area contributed by atoms with Crippen LogP contribution in [0.5, 0.6) is 0 Å². The van der Waals surface area contributed by atoms with Crippen LogP contribution in [0.2, 0.25) is 0 Å². The fourth-order valence-electron chi connectivity index (χ4n) is 4.15. The maximum atomic E-state index is 14.7. The number of fused-ring (bicyclic) bond motifs is 2. The van der Waals surface area contributed by atoms with Crippen LogP contribution in [0.4, 0.5) is 14.9 Å². The summed E-state index contributed by atoms with van der Waals surface area (Å²) in [6.07, 6.45) is 3.95. The minimum atomic E-state index is -4.42. The van der Waals surface area contributed by atoms with Gasteiger partial charge in [-0.2, -0.15) is 8.42 Å². The zero-order chi connectivity index (χ0) is 20.9. The van der Waals surface area contributed by atoms with Crippen molar-refractivity contribution in [2.45, 2.75) is 50.5 Å². The summed E-state index contributed by atoms with van der Waals surface area (Å²) in [4.78, 5) is 23.5. The quantitative estimate of drug-likeness (QED) is 0.696. The molecular formula is C19H19FN2O6S. The number of sulfonamides is 1. The fraction of sp³-hybridized carbons (Fsp3) is 0.368. The number of urea groups is 1. The Morgan fingerprint density at radius 1 is 1.07 bits per heavy atom. The summed E-state index contributed by atoms with van der Waals surface area (Å²) >= 11 is 0. The normalized spacial score (nSPS) is 15.1. The van der Waals surface area contributed by atoms with Crippen molar-refractivity contribution in [3.05, 3.63) is 45.5 Å². The highest BCUT2D eigenvalue weighted by molar-refractivity contribution is 7.89. The third kappa shape index (κ3) is 3.27. The molecule has 2 aromatic rings. The Morgan fingerprint density at radius 2 is 1.62 bits per heavy atom. The number of aryl methyl sites for hydroxylation is 1. The van der Waals surface area contributed by atoms with Crippen molar-refractivity contribution in [1.82, 2.24) is 4.72 Å². The average Bonchev–Trinajstić information content (AvgIpc) is 3.36. The van der Waals surface area contributed by atoms with Gasteiger partial charge in [0.05, 0.1) is 0 Å². The van der Waals surface area contributed by atoms with Crippen LogP contribution in [0.3, 0.4) is 0 Å². The van der Waals surface area contributed by atoms with E-state index in [0.717, 1.165) is 30.0 Å². The highest BCUT2D eigenvalue weighted by atomic mass is 32.2. The third-order valence-electron chi connectivity index (χ3n) is 5.43. The first-order valence-electron chi connectivity index (χ1n) is 9.21. The molecule has 0 unspecified atom stereocenters. The molecule has 0 atom stereocenters. The topological polar surface area (TPSA) is 126 Å². The Kier molecular flexibility index (Phi) is 4.60. The molecule has 8 nitrogen and oxygen atoms in total. The van der Waals surface area contributed by atoms with Crippen LogP contribution >= 0.6 is 0 Å². The number of amides is 2. The lowest BCUT2D eigenvalue weighted by Gasteiger charge is -2.17. The molecule has 0 radical (unpaired) electrons. The van der Waals surface area contributed by atoms with Crippen molar-refractivity contribution in [2.24, 2.45) is 0 Å². The second-order valence-corrected chi connectivity index (χ2v) is 8.82. The molecule has 2 aliphatic carbocycles. The van der Waals surface area contributed by atoms with Crippen molar-refractivity contribution in [2.75, 3.05) is 5.32 Å². The Hall–Kier alpha value is -2.88. The van der Waals surface area contributed by atoms with Gasteiger partial charge in [0.25, 0.3) is 10.0 Å². The van der Waals surface area contributed by atoms with Crippen LogP contribution in [-0.2, 0) is 35.7 Å². The van der Waals surface area contributed by atoms with Gasteiger partial charge in [0.15, 0.2) is 0 Å². The molecule has 0 saturated carbocycles. The van der Waals surface area contributed by atoms with E-state index >= 15 is 0 Å². The largest absolute Gasteiger partial charge is 0.478 e. The number of anilines is 1. The number of furan rings is 1. The highest BCUT2D eigenvalue weighted by Gasteiger charge is 2.31. The summed E-state index contributed by atoms with van der Waals surface area (Å²) in [6.45, 7) is 1.31. The summed E-state index contributed by atoms with van der Waals surface area (Å²) in [5.74, 6) is -1.63. The molecule has 1 heterocycles. The van der Waals surface area contributed by atoms with Crippen LogP contribution < -0.4 is 10.0 Å². The van der Waals surface area contributed by atoms with Gasteiger partial charge in [0.1, 0.15) is 17.1 Å². The van der Waals surface area contributed by atoms with E-state index in [9.17, 15) is 22.4 Å². The third-order valence-corrected chi connectivity index (χ3v) is 6.61. The summed E-state index contributed by atoms with van der Waals surface area (Å²) in [6, 6.07) is -0.161. The molecular weight excluding hydrogens is 403 g/mol. The fourth-order valence-corrected chi connectivity index (χ4v) is 5.05. The second-order valence-electron chi connectivity index (χ2n) is 7.21. The molecule has 0 saturated heterocycles. The predicted octanol–water partition coefficient (Wildman–Crippen LogP) is 2.91. The smallest absolute Gasteiger partial charge is 0.339 e. The number of carbonyl (C=O) groups excluding carboxylic acids is 1. The maximum absolute atomic E-state index is 14.7. The number of hydrogen-bond acceptors (Lipinski definition) is 5. The molecule has 1 aromatic heterocycles. The summed E-state index contributed by atoms with van der Waals surface area (Å²) < 4.78 is 46.4. The van der Waals surface area contributed by atoms with E-state index in [2.05, 4.69) is 5.32 Å². The van der Waals surface area contributed by atoms with Crippen LogP contribution in [0.25, 0.3) is 0 Å². The van der Waals surface area contributed by atoms with Crippen molar-refractivity contribution < 1.29 is 31.9 Å². The van der Waals surface area contributed by atoms with E-state index < -0.39 is 27.1 Å². The van der Waals surface area contributed by atoms with Gasteiger partial charge in [-0.15, -0.1) is 0 Å². The number of rotatable bonds is 4. The molecule has 4 rings (SSSR count). The molecule has 0 aliphatic heterocycles. The SMILES string of the molecule is Cc1oc(S(=O)(=O)NC(=O)Nc2c3c(c(F)c4c2CCC4)CCC3)cc1C(=O)O. The summed E-state index contributed by atoms with van der Waals surface area (Å²) in [7, 11) is -4.42. The van der Waals surface area contributed by atoms with Gasteiger partial charge in [-0.25, -0.2) is 18.7 Å². The first-order valence-corrected chi connectivity index (χ1v) is 10.7. The number of halogens is 1. The van der Waals surface area contributed by atoms with Crippen LogP contribution in [0, 0.1) is 12.7 Å². The lowest BCUT2D eigenvalue weighted by atomic mass is 9.98. The number of aromatic carboxylic acids is 1. The van der Waals surface area contributed by atoms with E-state index in [0.29, 0.717) is 42.5 Å². The first kappa shape index (κ1) is 19.4. The number of nitrogens with one attached hydrogen (secondary N) is 2. The van der Waals surface area contributed by atoms with Crippen LogP contribution in [0.15, 0.2) is 15.6 Å². The van der Waals surface area contributed by atoms with E-state index in [1.54, 1.807) is 0 Å². The van der Waals surface area contributed by atoms with Crippen molar-refractivity contribution in [1.29, 1.82) is 0 Å². The molecule has 0 bridgehead atoms. The second kappa shape index (κ2) is 6.87. The van der Waals surface area contributed by atoms with Gasteiger partial charge in [-0.05, 0) is 67.7 Å². The summed E-state index contributed by atoms with van der Waals surface area (Å²) in [5.41, 5.74) is 2.81. The van der Waals surface area contributed by atoms with Crippen molar-refractivity contribution >= 4 is 27.7 Å². The zero-order valence-electron chi connectivity index (χ0n) is 15.6. The van der Waals surface area contributed by atoms with Crippen molar-refractivity contribution in [3.63, 3.8) is 0 Å². The lowest BCUT2D eigenvalue weighted by Crippen LogP contribution is -2.34. The monoisotopic (exact) mass is 422 g/mol. The Morgan fingerprint density at radius 3 is 2.14 bits per heavy atom. The molecule has 1 aromatic carbocycles. The van der Waals surface area contributed by atoms with E-state index in [1.807, 2.05) is 4.72 Å². The predicted molar refractivity (Wildman–Crippen MR) is 100 cm³/mol. The summed E-state index contributed by atoms with van der Waals surface area (Å²) in [5, 5.41) is 11.0. The van der Waals surface area contributed by atoms with Gasteiger partial charge >= 0.3 is 12.0 Å². The number of hydrogen-bond donors (Lipinski definition) is 3. The van der Waals surface area contributed by atoms with Gasteiger partial charge in [-0.1, -0.05) is 0 Å². The zero-order valence-corrected chi connectivity index (χ0v) is 16.4. The van der Waals surface area contributed by atoms with Crippen LogP contribution in [-0.4, -0.2) is 25.5 Å². The van der Waals surface area contributed by atoms with E-state index in [1.165, 1.54) is 6.92 Å². The average molecular weight is 422 g/mol. The van der Waals surface area contributed by atoms with Crippen LogP contribution in [0.1, 0.15) is 51.2 Å². The number of carboxylic acid groups (broad SMARTS) is 1. The van der Waals surface area contributed by atoms with Gasteiger partial charge < -0.3 is 14.8 Å². The number of carboxylic acids is 1. The molecule has 2 amide bonds. The Bertz CT molecular complexity index is 1120. The number of benzene rings is 1. The molecule has 29 heavy (non-hydrogen) atoms. The molecule has 2 aliphatic rings. The number of carbonyl (C=O) groups is 2. The van der Waals surface area contributed by atoms with Gasteiger partial charge in [0.2, 0.25) is 5.09 Å². The minimum absolute atomic E-state index is 0.0903. The Labute approximate surface area is 166 Å². The standard InChI is InChI=1S/C19H19FN2O6S/c1-9-14(18(23)24)8-15(28-9)29(26,27)22-19(25)21-17-12-6-2-4-10(12)16(20)11-5-3-7-13(11)17/h8H,2-7H2,1H3,(H,23,24)(H2,21,22,25). The Balaban J connectivity index is 1.61. The van der Waals surface area contributed by atoms with Crippen molar-refractivity contribution in [3.8, 4) is 0 Å². The first-order chi connectivity index (χ1) is 13.7. The maximum Gasteiger partial charge on any atom is 0.339 e. The lowest BCUT2D eigenvalue weighted by molar-refractivity contribution is 0.0695.